The van der Waals surface area contributed by atoms with Gasteiger partial charge in [0, 0.05) is 23.0 Å². The zero-order chi connectivity index (χ0) is 12.3. The number of methoxy groups -OCH3 is 1. The van der Waals surface area contributed by atoms with E-state index >= 15 is 0 Å². The van der Waals surface area contributed by atoms with Gasteiger partial charge in [-0.05, 0) is 30.7 Å². The van der Waals surface area contributed by atoms with Crippen LogP contribution in [0.15, 0.2) is 18.2 Å². The Morgan fingerprint density at radius 3 is 2.94 bits per heavy atom. The van der Waals surface area contributed by atoms with Crippen LogP contribution >= 0.6 is 11.8 Å². The summed E-state index contributed by atoms with van der Waals surface area (Å²) in [5.74, 6) is 1.21. The van der Waals surface area contributed by atoms with Gasteiger partial charge in [-0.25, -0.2) is 4.39 Å². The summed E-state index contributed by atoms with van der Waals surface area (Å²) in [5, 5.41) is 3.98. The fourth-order valence-electron chi connectivity index (χ4n) is 2.08. The largest absolute Gasteiger partial charge is 0.494 e. The normalized spacial score (nSPS) is 24.4. The first-order valence-corrected chi connectivity index (χ1v) is 6.97. The maximum absolute atomic E-state index is 13.5. The number of rotatable bonds is 3. The van der Waals surface area contributed by atoms with Crippen molar-refractivity contribution in [2.75, 3.05) is 18.2 Å². The zero-order valence-electron chi connectivity index (χ0n) is 10.2. The number of nitrogens with one attached hydrogen (secondary N) is 1. The Hall–Kier alpha value is -0.900. The van der Waals surface area contributed by atoms with Gasteiger partial charge in [0.15, 0.2) is 11.6 Å². The van der Waals surface area contributed by atoms with Crippen molar-refractivity contribution in [2.45, 2.75) is 31.1 Å². The van der Waals surface area contributed by atoms with E-state index in [2.05, 4.69) is 12.2 Å². The van der Waals surface area contributed by atoms with Crippen molar-refractivity contribution >= 4 is 17.4 Å². The Balaban J connectivity index is 2.05. The van der Waals surface area contributed by atoms with Gasteiger partial charge in [0.1, 0.15) is 0 Å². The number of halogens is 1. The van der Waals surface area contributed by atoms with E-state index in [1.807, 2.05) is 17.8 Å². The van der Waals surface area contributed by atoms with E-state index in [1.54, 1.807) is 6.07 Å². The summed E-state index contributed by atoms with van der Waals surface area (Å²) in [6.07, 6.45) is 2.38. The molecule has 0 aromatic heterocycles. The van der Waals surface area contributed by atoms with E-state index in [1.165, 1.54) is 25.3 Å². The lowest BCUT2D eigenvalue weighted by Crippen LogP contribution is -2.32. The van der Waals surface area contributed by atoms with Gasteiger partial charge in [-0.15, -0.1) is 0 Å². The van der Waals surface area contributed by atoms with Crippen LogP contribution in [0.2, 0.25) is 0 Å². The van der Waals surface area contributed by atoms with Crippen molar-refractivity contribution in [3.63, 3.8) is 0 Å². The van der Waals surface area contributed by atoms with Gasteiger partial charge in [0.2, 0.25) is 0 Å². The lowest BCUT2D eigenvalue weighted by Gasteiger charge is -2.30. The molecule has 0 aliphatic carbocycles. The van der Waals surface area contributed by atoms with Crippen LogP contribution in [0.5, 0.6) is 5.75 Å². The van der Waals surface area contributed by atoms with E-state index in [4.69, 9.17) is 4.74 Å². The Labute approximate surface area is 106 Å². The average molecular weight is 255 g/mol. The van der Waals surface area contributed by atoms with Gasteiger partial charge in [-0.3, -0.25) is 0 Å². The number of hydrogen-bond donors (Lipinski definition) is 1. The maximum atomic E-state index is 13.5. The predicted octanol–water partition coefficient (Wildman–Crippen LogP) is 3.53. The fraction of sp³-hybridized carbons (Fsp3) is 0.538. The molecule has 1 aliphatic rings. The molecule has 2 atom stereocenters. The fourth-order valence-corrected chi connectivity index (χ4v) is 3.22. The highest BCUT2D eigenvalue weighted by molar-refractivity contribution is 8.00. The molecule has 94 valence electrons. The Morgan fingerprint density at radius 1 is 1.47 bits per heavy atom. The molecule has 0 radical (unpaired) electrons. The van der Waals surface area contributed by atoms with Gasteiger partial charge in [0.05, 0.1) is 7.11 Å². The molecule has 4 heteroatoms. The third-order valence-electron chi connectivity index (χ3n) is 3.11. The van der Waals surface area contributed by atoms with Crippen molar-refractivity contribution in [3.8, 4) is 5.75 Å². The Bertz CT molecular complexity index is 386. The van der Waals surface area contributed by atoms with E-state index < -0.39 is 0 Å². The second-order valence-electron chi connectivity index (χ2n) is 4.32. The molecule has 1 fully saturated rings. The van der Waals surface area contributed by atoms with Crippen LogP contribution in [0.1, 0.15) is 19.8 Å². The summed E-state index contributed by atoms with van der Waals surface area (Å²) in [5.41, 5.74) is 0.836. The molecule has 1 saturated heterocycles. The molecule has 0 spiro atoms. The van der Waals surface area contributed by atoms with Crippen LogP contribution < -0.4 is 10.1 Å². The van der Waals surface area contributed by atoms with Crippen molar-refractivity contribution in [3.05, 3.63) is 24.0 Å². The molecular weight excluding hydrogens is 237 g/mol. The molecule has 0 saturated carbocycles. The molecule has 1 N–H and O–H groups in total. The van der Waals surface area contributed by atoms with Crippen LogP contribution in [0, 0.1) is 5.82 Å². The van der Waals surface area contributed by atoms with Crippen molar-refractivity contribution < 1.29 is 9.13 Å². The molecule has 0 amide bonds. The molecule has 1 aliphatic heterocycles. The predicted molar refractivity (Wildman–Crippen MR) is 71.5 cm³/mol. The second kappa shape index (κ2) is 5.63. The average Bonchev–Trinajstić information content (AvgIpc) is 2.32. The SMILES string of the molecule is COc1ccc(NC2CCCSC2C)cc1F. The first-order valence-electron chi connectivity index (χ1n) is 5.92. The van der Waals surface area contributed by atoms with Crippen LogP contribution in [-0.2, 0) is 0 Å². The lowest BCUT2D eigenvalue weighted by molar-refractivity contribution is 0.386. The third-order valence-corrected chi connectivity index (χ3v) is 4.49. The van der Waals surface area contributed by atoms with Gasteiger partial charge in [-0.2, -0.15) is 11.8 Å². The highest BCUT2D eigenvalue weighted by Crippen LogP contribution is 2.29. The van der Waals surface area contributed by atoms with Crippen LogP contribution in [0.25, 0.3) is 0 Å². The molecule has 2 nitrogen and oxygen atoms in total. The summed E-state index contributed by atoms with van der Waals surface area (Å²) >= 11 is 1.98. The quantitative estimate of drug-likeness (QED) is 0.892. The lowest BCUT2D eigenvalue weighted by atomic mass is 10.1. The third kappa shape index (κ3) is 3.06. The summed E-state index contributed by atoms with van der Waals surface area (Å²) < 4.78 is 18.4. The molecule has 0 bridgehead atoms. The van der Waals surface area contributed by atoms with E-state index in [-0.39, 0.29) is 5.82 Å². The highest BCUT2D eigenvalue weighted by atomic mass is 32.2. The number of anilines is 1. The molecule has 1 aromatic carbocycles. The Kier molecular flexibility index (Phi) is 4.15. The number of ether oxygens (including phenoxy) is 1. The molecule has 2 rings (SSSR count). The van der Waals surface area contributed by atoms with Crippen molar-refractivity contribution in [1.82, 2.24) is 0 Å². The topological polar surface area (TPSA) is 21.3 Å². The first kappa shape index (κ1) is 12.6. The first-order chi connectivity index (χ1) is 8.20. The standard InChI is InChI=1S/C13H18FNOS/c1-9-12(4-3-7-17-9)15-10-5-6-13(16-2)11(14)8-10/h5-6,8-9,12,15H,3-4,7H2,1-2H3. The number of hydrogen-bond acceptors (Lipinski definition) is 3. The second-order valence-corrected chi connectivity index (χ2v) is 5.80. The minimum absolute atomic E-state index is 0.293. The van der Waals surface area contributed by atoms with Crippen LogP contribution in [0.3, 0.4) is 0 Å². The zero-order valence-corrected chi connectivity index (χ0v) is 11.0. The van der Waals surface area contributed by atoms with E-state index in [0.29, 0.717) is 17.0 Å². The number of thioether (sulfide) groups is 1. The monoisotopic (exact) mass is 255 g/mol. The summed E-state index contributed by atoms with van der Waals surface area (Å²) in [4.78, 5) is 0. The smallest absolute Gasteiger partial charge is 0.167 e. The Morgan fingerprint density at radius 2 is 2.29 bits per heavy atom. The highest BCUT2D eigenvalue weighted by Gasteiger charge is 2.21. The maximum Gasteiger partial charge on any atom is 0.167 e. The van der Waals surface area contributed by atoms with Crippen LogP contribution in [0.4, 0.5) is 10.1 Å². The molecule has 17 heavy (non-hydrogen) atoms. The van der Waals surface area contributed by atoms with Crippen molar-refractivity contribution in [2.24, 2.45) is 0 Å². The van der Waals surface area contributed by atoms with Crippen molar-refractivity contribution in [1.29, 1.82) is 0 Å². The molecule has 1 aromatic rings. The minimum atomic E-state index is -0.311. The molecular formula is C13H18FNOS. The van der Waals surface area contributed by atoms with E-state index in [0.717, 1.165) is 12.1 Å². The van der Waals surface area contributed by atoms with Gasteiger partial charge in [0.25, 0.3) is 0 Å². The van der Waals surface area contributed by atoms with Gasteiger partial charge >= 0.3 is 0 Å². The van der Waals surface area contributed by atoms with Gasteiger partial charge in [-0.1, -0.05) is 6.92 Å². The van der Waals surface area contributed by atoms with E-state index in [9.17, 15) is 4.39 Å². The number of benzene rings is 1. The molecule has 2 unspecified atom stereocenters. The van der Waals surface area contributed by atoms with Gasteiger partial charge < -0.3 is 10.1 Å². The summed E-state index contributed by atoms with van der Waals surface area (Å²) in [6.45, 7) is 2.22. The summed E-state index contributed by atoms with van der Waals surface area (Å²) in [6, 6.07) is 5.47. The summed E-state index contributed by atoms with van der Waals surface area (Å²) in [7, 11) is 1.48. The van der Waals surface area contributed by atoms with Crippen LogP contribution in [-0.4, -0.2) is 24.2 Å². The molecule has 1 heterocycles. The minimum Gasteiger partial charge on any atom is -0.494 e.